The molecule has 0 radical (unpaired) electrons. The number of benzene rings is 2. The minimum Gasteiger partial charge on any atom is -0.456 e. The van der Waals surface area contributed by atoms with Crippen LogP contribution < -0.4 is 10.5 Å². The van der Waals surface area contributed by atoms with Crippen LogP contribution in [0.25, 0.3) is 0 Å². The van der Waals surface area contributed by atoms with Gasteiger partial charge in [0, 0.05) is 4.47 Å². The van der Waals surface area contributed by atoms with Gasteiger partial charge in [-0.3, -0.25) is 0 Å². The number of halogens is 1. The van der Waals surface area contributed by atoms with Crippen molar-refractivity contribution in [3.8, 4) is 11.5 Å². The van der Waals surface area contributed by atoms with Crippen LogP contribution in [0.4, 0.5) is 0 Å². The predicted molar refractivity (Wildman–Crippen MR) is 87.4 cm³/mol. The molecule has 0 amide bonds. The normalized spacial score (nSPS) is 11.5. The second-order valence-corrected chi connectivity index (χ2v) is 5.71. The summed E-state index contributed by atoms with van der Waals surface area (Å²) in [7, 11) is 0. The van der Waals surface area contributed by atoms with Crippen LogP contribution in [0.5, 0.6) is 11.5 Å². The van der Waals surface area contributed by atoms with E-state index in [1.165, 1.54) is 0 Å². The van der Waals surface area contributed by atoms with Crippen LogP contribution in [0.15, 0.2) is 40.0 Å². The minimum atomic E-state index is 0.000402. The highest BCUT2D eigenvalue weighted by atomic mass is 79.9. The fourth-order valence-corrected chi connectivity index (χ4v) is 2.63. The van der Waals surface area contributed by atoms with E-state index in [0.717, 1.165) is 22.4 Å². The van der Waals surface area contributed by atoms with Crippen molar-refractivity contribution in [3.05, 3.63) is 57.1 Å². The van der Waals surface area contributed by atoms with E-state index >= 15 is 0 Å². The van der Waals surface area contributed by atoms with Crippen molar-refractivity contribution in [2.45, 2.75) is 20.8 Å². The first-order valence-corrected chi connectivity index (χ1v) is 7.26. The summed E-state index contributed by atoms with van der Waals surface area (Å²) in [6.45, 7) is 6.04. The smallest absolute Gasteiger partial charge is 0.175 e. The SMILES string of the molecule is Cc1ccc(C)c(Oc2cccc(Br)c2/C(N)=N/O)c1C. The van der Waals surface area contributed by atoms with E-state index in [9.17, 15) is 0 Å². The maximum atomic E-state index is 8.94. The van der Waals surface area contributed by atoms with Crippen molar-refractivity contribution in [2.75, 3.05) is 0 Å². The van der Waals surface area contributed by atoms with E-state index in [4.69, 9.17) is 15.7 Å². The third-order valence-electron chi connectivity index (χ3n) is 3.42. The van der Waals surface area contributed by atoms with Gasteiger partial charge in [0.15, 0.2) is 5.84 Å². The average Bonchev–Trinajstić information content (AvgIpc) is 2.47. The summed E-state index contributed by atoms with van der Waals surface area (Å²) >= 11 is 3.40. The first-order chi connectivity index (χ1) is 9.95. The van der Waals surface area contributed by atoms with Crippen molar-refractivity contribution < 1.29 is 9.94 Å². The Morgan fingerprint density at radius 1 is 1.14 bits per heavy atom. The number of nitrogens with zero attached hydrogens (tertiary/aromatic N) is 1. The number of oxime groups is 1. The van der Waals surface area contributed by atoms with E-state index in [0.29, 0.717) is 15.8 Å². The lowest BCUT2D eigenvalue weighted by atomic mass is 10.1. The molecule has 2 aromatic carbocycles. The zero-order valence-electron chi connectivity index (χ0n) is 12.1. The molecule has 110 valence electrons. The quantitative estimate of drug-likeness (QED) is 0.377. The summed E-state index contributed by atoms with van der Waals surface area (Å²) in [6, 6.07) is 9.52. The molecule has 0 heterocycles. The van der Waals surface area contributed by atoms with Gasteiger partial charge in [0.2, 0.25) is 0 Å². The van der Waals surface area contributed by atoms with Crippen LogP contribution in [-0.4, -0.2) is 11.0 Å². The highest BCUT2D eigenvalue weighted by molar-refractivity contribution is 9.10. The molecule has 0 bridgehead atoms. The molecule has 0 saturated carbocycles. The van der Waals surface area contributed by atoms with Crippen molar-refractivity contribution >= 4 is 21.8 Å². The Labute approximate surface area is 132 Å². The van der Waals surface area contributed by atoms with E-state index in [1.54, 1.807) is 6.07 Å². The number of amidine groups is 1. The topological polar surface area (TPSA) is 67.8 Å². The molecule has 4 nitrogen and oxygen atoms in total. The van der Waals surface area contributed by atoms with E-state index in [1.807, 2.05) is 39.0 Å². The zero-order valence-corrected chi connectivity index (χ0v) is 13.7. The Hall–Kier alpha value is -2.01. The van der Waals surface area contributed by atoms with E-state index < -0.39 is 0 Å². The van der Waals surface area contributed by atoms with Crippen LogP contribution >= 0.6 is 15.9 Å². The molecule has 0 aromatic heterocycles. The van der Waals surface area contributed by atoms with Gasteiger partial charge in [-0.2, -0.15) is 0 Å². The second kappa shape index (κ2) is 6.18. The van der Waals surface area contributed by atoms with Crippen LogP contribution in [0, 0.1) is 20.8 Å². The number of ether oxygens (including phenoxy) is 1. The largest absolute Gasteiger partial charge is 0.456 e. The van der Waals surface area contributed by atoms with Gasteiger partial charge in [-0.15, -0.1) is 0 Å². The Balaban J connectivity index is 2.56. The van der Waals surface area contributed by atoms with Gasteiger partial charge in [-0.05, 0) is 65.5 Å². The number of aryl methyl sites for hydroxylation is 2. The fourth-order valence-electron chi connectivity index (χ4n) is 2.08. The number of hydrogen-bond donors (Lipinski definition) is 2. The number of rotatable bonds is 3. The Morgan fingerprint density at radius 3 is 2.48 bits per heavy atom. The molecule has 5 heteroatoms. The lowest BCUT2D eigenvalue weighted by Gasteiger charge is -2.16. The second-order valence-electron chi connectivity index (χ2n) is 4.85. The fraction of sp³-hybridized carbons (Fsp3) is 0.188. The van der Waals surface area contributed by atoms with Crippen molar-refractivity contribution in [1.29, 1.82) is 0 Å². The van der Waals surface area contributed by atoms with Crippen LogP contribution in [0.1, 0.15) is 22.3 Å². The predicted octanol–water partition coefficient (Wildman–Crippen LogP) is 4.26. The van der Waals surface area contributed by atoms with E-state index in [2.05, 4.69) is 27.2 Å². The lowest BCUT2D eigenvalue weighted by molar-refractivity contribution is 0.318. The third-order valence-corrected chi connectivity index (χ3v) is 4.09. The molecule has 0 saturated heterocycles. The lowest BCUT2D eigenvalue weighted by Crippen LogP contribution is -2.15. The monoisotopic (exact) mass is 348 g/mol. The molecular weight excluding hydrogens is 332 g/mol. The maximum Gasteiger partial charge on any atom is 0.175 e. The molecule has 0 fully saturated rings. The molecule has 0 aliphatic heterocycles. The summed E-state index contributed by atoms with van der Waals surface area (Å²) < 4.78 is 6.76. The third kappa shape index (κ3) is 3.03. The molecule has 2 rings (SSSR count). The molecular formula is C16H17BrN2O2. The van der Waals surface area contributed by atoms with Crippen LogP contribution in [-0.2, 0) is 0 Å². The number of hydrogen-bond acceptors (Lipinski definition) is 3. The van der Waals surface area contributed by atoms with Gasteiger partial charge >= 0.3 is 0 Å². The minimum absolute atomic E-state index is 0.000402. The summed E-state index contributed by atoms with van der Waals surface area (Å²) in [4.78, 5) is 0. The van der Waals surface area contributed by atoms with Crippen LogP contribution in [0.2, 0.25) is 0 Å². The molecule has 0 aliphatic carbocycles. The van der Waals surface area contributed by atoms with E-state index in [-0.39, 0.29) is 5.84 Å². The molecule has 21 heavy (non-hydrogen) atoms. The summed E-state index contributed by atoms with van der Waals surface area (Å²) in [5.41, 5.74) is 9.52. The van der Waals surface area contributed by atoms with Gasteiger partial charge in [0.25, 0.3) is 0 Å². The molecule has 0 atom stereocenters. The highest BCUT2D eigenvalue weighted by Crippen LogP contribution is 2.34. The first kappa shape index (κ1) is 15.4. The molecule has 2 aromatic rings. The summed E-state index contributed by atoms with van der Waals surface area (Å²) in [5, 5.41) is 12.0. The number of nitrogens with two attached hydrogens (primary N) is 1. The van der Waals surface area contributed by atoms with Gasteiger partial charge < -0.3 is 15.7 Å². The highest BCUT2D eigenvalue weighted by Gasteiger charge is 2.15. The van der Waals surface area contributed by atoms with Crippen molar-refractivity contribution in [3.63, 3.8) is 0 Å². The molecule has 0 spiro atoms. The van der Waals surface area contributed by atoms with Crippen molar-refractivity contribution in [2.24, 2.45) is 10.9 Å². The van der Waals surface area contributed by atoms with Crippen molar-refractivity contribution in [1.82, 2.24) is 0 Å². The molecule has 0 aliphatic rings. The summed E-state index contributed by atoms with van der Waals surface area (Å²) in [5.74, 6) is 1.33. The van der Waals surface area contributed by atoms with Gasteiger partial charge in [0.1, 0.15) is 11.5 Å². The Kier molecular flexibility index (Phi) is 4.53. The Bertz CT molecular complexity index is 712. The van der Waals surface area contributed by atoms with Gasteiger partial charge in [0.05, 0.1) is 5.56 Å². The Morgan fingerprint density at radius 2 is 1.81 bits per heavy atom. The standard InChI is InChI=1S/C16H17BrN2O2/c1-9-7-8-10(2)15(11(9)3)21-13-6-4-5-12(17)14(13)16(18)19-20/h4-8,20H,1-3H3,(H2,18,19). The molecule has 3 N–H and O–H groups in total. The maximum absolute atomic E-state index is 8.94. The van der Waals surface area contributed by atoms with Gasteiger partial charge in [-0.25, -0.2) is 0 Å². The summed E-state index contributed by atoms with van der Waals surface area (Å²) in [6.07, 6.45) is 0. The molecule has 0 unspecified atom stereocenters. The van der Waals surface area contributed by atoms with Crippen LogP contribution in [0.3, 0.4) is 0 Å². The average molecular weight is 349 g/mol. The van der Waals surface area contributed by atoms with Gasteiger partial charge in [-0.1, -0.05) is 23.4 Å². The zero-order chi connectivity index (χ0) is 15.6. The first-order valence-electron chi connectivity index (χ1n) is 6.46.